The molecule has 0 spiro atoms. The molecule has 130 valence electrons. The molecule has 0 bridgehead atoms. The number of nitrogens with one attached hydrogen (secondary N) is 2. The highest BCUT2D eigenvalue weighted by Gasteiger charge is 2.16. The number of amides is 2. The molecule has 25 heavy (non-hydrogen) atoms. The first-order valence-electron chi connectivity index (χ1n) is 8.14. The van der Waals surface area contributed by atoms with Crippen LogP contribution in [-0.4, -0.2) is 18.6 Å². The van der Waals surface area contributed by atoms with Gasteiger partial charge in [-0.2, -0.15) is 0 Å². The molecule has 2 N–H and O–H groups in total. The summed E-state index contributed by atoms with van der Waals surface area (Å²) in [5, 5.41) is 5.54. The number of hydrogen-bond donors (Lipinski definition) is 2. The average molecular weight is 340 g/mol. The molecule has 3 rings (SSSR count). The number of carbonyl (C=O) groups is 2. The van der Waals surface area contributed by atoms with Crippen molar-refractivity contribution in [1.82, 2.24) is 0 Å². The van der Waals surface area contributed by atoms with E-state index in [-0.39, 0.29) is 25.0 Å². The zero-order chi connectivity index (χ0) is 17.8. The topological polar surface area (TPSA) is 76.7 Å². The smallest absolute Gasteiger partial charge is 0.233 e. The number of para-hydroxylation sites is 1. The summed E-state index contributed by atoms with van der Waals surface area (Å²) in [4.78, 5) is 24.3. The highest BCUT2D eigenvalue weighted by Crippen LogP contribution is 2.34. The Hall–Kier alpha value is -3.02. The van der Waals surface area contributed by atoms with Crippen molar-refractivity contribution in [1.29, 1.82) is 0 Å². The van der Waals surface area contributed by atoms with Crippen molar-refractivity contribution in [3.63, 3.8) is 0 Å². The Labute approximate surface area is 146 Å². The number of rotatable bonds is 5. The normalized spacial score (nSPS) is 11.9. The summed E-state index contributed by atoms with van der Waals surface area (Å²) in [6.45, 7) is 4.13. The molecule has 0 atom stereocenters. The summed E-state index contributed by atoms with van der Waals surface area (Å²) in [5.74, 6) is 0.488. The fourth-order valence-electron chi connectivity index (χ4n) is 2.71. The van der Waals surface area contributed by atoms with Crippen molar-refractivity contribution >= 4 is 23.2 Å². The third kappa shape index (κ3) is 3.91. The lowest BCUT2D eigenvalue weighted by atomic mass is 10.1. The highest BCUT2D eigenvalue weighted by molar-refractivity contribution is 6.08. The van der Waals surface area contributed by atoms with E-state index >= 15 is 0 Å². The van der Waals surface area contributed by atoms with Crippen LogP contribution in [0.3, 0.4) is 0 Å². The molecule has 2 aromatic rings. The molecule has 2 amide bonds. The number of fused-ring (bicyclic) bond motifs is 1. The van der Waals surface area contributed by atoms with Crippen LogP contribution in [0.4, 0.5) is 11.4 Å². The maximum absolute atomic E-state index is 12.2. The Bertz CT molecular complexity index is 817. The molecule has 0 aliphatic carbocycles. The fraction of sp³-hybridized carbons (Fsp3) is 0.263. The van der Waals surface area contributed by atoms with Gasteiger partial charge in [0.25, 0.3) is 0 Å². The first-order chi connectivity index (χ1) is 12.1. The first kappa shape index (κ1) is 16.8. The molecular formula is C19H20N2O4. The van der Waals surface area contributed by atoms with Crippen LogP contribution in [0.15, 0.2) is 36.4 Å². The third-order valence-electron chi connectivity index (χ3n) is 3.98. The second kappa shape index (κ2) is 7.25. The second-order valence-corrected chi connectivity index (χ2v) is 5.80. The summed E-state index contributed by atoms with van der Waals surface area (Å²) in [5.41, 5.74) is 3.37. The monoisotopic (exact) mass is 340 g/mol. The minimum atomic E-state index is -0.386. The fourth-order valence-corrected chi connectivity index (χ4v) is 2.71. The van der Waals surface area contributed by atoms with E-state index in [4.69, 9.17) is 9.47 Å². The largest absolute Gasteiger partial charge is 0.454 e. The number of aryl methyl sites for hydroxylation is 2. The van der Waals surface area contributed by atoms with E-state index in [1.54, 1.807) is 18.2 Å². The summed E-state index contributed by atoms with van der Waals surface area (Å²) in [6, 6.07) is 11.0. The van der Waals surface area contributed by atoms with Crippen molar-refractivity contribution in [2.75, 3.05) is 17.4 Å². The zero-order valence-corrected chi connectivity index (χ0v) is 14.2. The van der Waals surface area contributed by atoms with Crippen LogP contribution in [0.1, 0.15) is 24.5 Å². The van der Waals surface area contributed by atoms with E-state index in [1.807, 2.05) is 32.0 Å². The quantitative estimate of drug-likeness (QED) is 0.819. The van der Waals surface area contributed by atoms with Gasteiger partial charge in [-0.3, -0.25) is 9.59 Å². The lowest BCUT2D eigenvalue weighted by Gasteiger charge is -2.13. The molecular weight excluding hydrogens is 320 g/mol. The Morgan fingerprint density at radius 2 is 1.80 bits per heavy atom. The number of ether oxygens (including phenoxy) is 2. The zero-order valence-electron chi connectivity index (χ0n) is 14.2. The van der Waals surface area contributed by atoms with Crippen molar-refractivity contribution in [3.05, 3.63) is 47.5 Å². The van der Waals surface area contributed by atoms with E-state index < -0.39 is 0 Å². The average Bonchev–Trinajstić information content (AvgIpc) is 3.04. The van der Waals surface area contributed by atoms with Crippen molar-refractivity contribution < 1.29 is 19.1 Å². The third-order valence-corrected chi connectivity index (χ3v) is 3.98. The minimum Gasteiger partial charge on any atom is -0.454 e. The molecule has 0 saturated carbocycles. The molecule has 0 aromatic heterocycles. The maximum Gasteiger partial charge on any atom is 0.233 e. The van der Waals surface area contributed by atoms with Gasteiger partial charge in [-0.15, -0.1) is 0 Å². The van der Waals surface area contributed by atoms with Gasteiger partial charge in [0.2, 0.25) is 18.6 Å². The first-order valence-corrected chi connectivity index (χ1v) is 8.14. The molecule has 2 aromatic carbocycles. The standard InChI is InChI=1S/C19H20N2O4/c1-3-13-6-4-5-12(2)19(13)21-18(23)10-17(22)20-14-7-8-15-16(9-14)25-11-24-15/h4-9H,3,10-11H2,1-2H3,(H,20,22)(H,21,23). The summed E-state index contributed by atoms with van der Waals surface area (Å²) >= 11 is 0. The van der Waals surface area contributed by atoms with E-state index in [1.165, 1.54) is 0 Å². The molecule has 0 fully saturated rings. The molecule has 6 nitrogen and oxygen atoms in total. The van der Waals surface area contributed by atoms with Gasteiger partial charge in [-0.25, -0.2) is 0 Å². The molecule has 0 unspecified atom stereocenters. The number of benzene rings is 2. The molecule has 1 heterocycles. The molecule has 0 radical (unpaired) electrons. The second-order valence-electron chi connectivity index (χ2n) is 5.80. The summed E-state index contributed by atoms with van der Waals surface area (Å²) in [7, 11) is 0. The Kier molecular flexibility index (Phi) is 4.88. The van der Waals surface area contributed by atoms with Crippen LogP contribution in [0.5, 0.6) is 11.5 Å². The summed E-state index contributed by atoms with van der Waals surface area (Å²) < 4.78 is 10.5. The van der Waals surface area contributed by atoms with Crippen LogP contribution < -0.4 is 20.1 Å². The van der Waals surface area contributed by atoms with Crippen LogP contribution >= 0.6 is 0 Å². The summed E-state index contributed by atoms with van der Waals surface area (Å²) in [6.07, 6.45) is 0.548. The molecule has 6 heteroatoms. The van der Waals surface area contributed by atoms with E-state index in [2.05, 4.69) is 10.6 Å². The number of carbonyl (C=O) groups excluding carboxylic acids is 2. The Morgan fingerprint density at radius 1 is 1.04 bits per heavy atom. The van der Waals surface area contributed by atoms with Crippen LogP contribution in [0.2, 0.25) is 0 Å². The van der Waals surface area contributed by atoms with Gasteiger partial charge in [0, 0.05) is 17.4 Å². The molecule has 0 saturated heterocycles. The predicted octanol–water partition coefficient (Wildman–Crippen LogP) is 3.25. The van der Waals surface area contributed by atoms with Gasteiger partial charge < -0.3 is 20.1 Å². The van der Waals surface area contributed by atoms with Crippen molar-refractivity contribution in [2.24, 2.45) is 0 Å². The van der Waals surface area contributed by atoms with Crippen LogP contribution in [0.25, 0.3) is 0 Å². The van der Waals surface area contributed by atoms with Gasteiger partial charge in [-0.05, 0) is 36.6 Å². The predicted molar refractivity (Wildman–Crippen MR) is 95.0 cm³/mol. The number of anilines is 2. The van der Waals surface area contributed by atoms with E-state index in [9.17, 15) is 9.59 Å². The molecule has 1 aliphatic heterocycles. The maximum atomic E-state index is 12.2. The van der Waals surface area contributed by atoms with E-state index in [0.29, 0.717) is 17.2 Å². The number of hydrogen-bond acceptors (Lipinski definition) is 4. The van der Waals surface area contributed by atoms with Crippen molar-refractivity contribution in [2.45, 2.75) is 26.7 Å². The van der Waals surface area contributed by atoms with Gasteiger partial charge in [-0.1, -0.05) is 25.1 Å². The highest BCUT2D eigenvalue weighted by atomic mass is 16.7. The van der Waals surface area contributed by atoms with E-state index in [0.717, 1.165) is 23.2 Å². The lowest BCUT2D eigenvalue weighted by molar-refractivity contribution is -0.123. The van der Waals surface area contributed by atoms with Gasteiger partial charge in [0.15, 0.2) is 11.5 Å². The minimum absolute atomic E-state index is 0.172. The lowest BCUT2D eigenvalue weighted by Crippen LogP contribution is -2.22. The Balaban J connectivity index is 1.61. The van der Waals surface area contributed by atoms with Gasteiger partial charge in [0.1, 0.15) is 6.42 Å². The van der Waals surface area contributed by atoms with Crippen LogP contribution in [-0.2, 0) is 16.0 Å². The van der Waals surface area contributed by atoms with Crippen LogP contribution in [0, 0.1) is 6.92 Å². The SMILES string of the molecule is CCc1cccc(C)c1NC(=O)CC(=O)Nc1ccc2c(c1)OCO2. The van der Waals surface area contributed by atoms with Crippen molar-refractivity contribution in [3.8, 4) is 11.5 Å². The molecule has 1 aliphatic rings. The van der Waals surface area contributed by atoms with Gasteiger partial charge >= 0.3 is 0 Å². The Morgan fingerprint density at radius 3 is 2.60 bits per heavy atom. The van der Waals surface area contributed by atoms with Gasteiger partial charge in [0.05, 0.1) is 0 Å².